The van der Waals surface area contributed by atoms with Crippen LogP contribution < -0.4 is 0 Å². The summed E-state index contributed by atoms with van der Waals surface area (Å²) in [7, 11) is 0. The smallest absolute Gasteiger partial charge is 0.335 e. The van der Waals surface area contributed by atoms with Crippen LogP contribution in [-0.2, 0) is 0 Å². The van der Waals surface area contributed by atoms with E-state index in [0.29, 0.717) is 28.6 Å². The van der Waals surface area contributed by atoms with Crippen LogP contribution in [-0.4, -0.2) is 31.1 Å². The molecule has 0 aliphatic carbocycles. The molecule has 6 heteroatoms. The SMILES string of the molecule is O=C(O)c1ccc(-c2nc(-c3ccccc3)nc(-c3ccccc3O)n2)cc1. The Hall–Kier alpha value is -4.06. The third-order valence-electron chi connectivity index (χ3n) is 4.20. The van der Waals surface area contributed by atoms with Crippen LogP contribution in [0.1, 0.15) is 10.4 Å². The number of hydrogen-bond acceptors (Lipinski definition) is 5. The minimum absolute atomic E-state index is 0.0693. The monoisotopic (exact) mass is 369 g/mol. The van der Waals surface area contributed by atoms with E-state index in [9.17, 15) is 9.90 Å². The lowest BCUT2D eigenvalue weighted by Crippen LogP contribution is -2.01. The van der Waals surface area contributed by atoms with Crippen molar-refractivity contribution >= 4 is 5.97 Å². The highest BCUT2D eigenvalue weighted by atomic mass is 16.4. The van der Waals surface area contributed by atoms with Gasteiger partial charge in [0.15, 0.2) is 17.5 Å². The summed E-state index contributed by atoms with van der Waals surface area (Å²) in [5.41, 5.74) is 2.14. The summed E-state index contributed by atoms with van der Waals surface area (Å²) in [5.74, 6) is 0.265. The van der Waals surface area contributed by atoms with Crippen molar-refractivity contribution < 1.29 is 15.0 Å². The molecular weight excluding hydrogens is 354 g/mol. The van der Waals surface area contributed by atoms with Crippen molar-refractivity contribution in [2.75, 3.05) is 0 Å². The van der Waals surface area contributed by atoms with Crippen molar-refractivity contribution in [3.05, 3.63) is 84.4 Å². The molecule has 28 heavy (non-hydrogen) atoms. The summed E-state index contributed by atoms with van der Waals surface area (Å²) >= 11 is 0. The molecule has 0 atom stereocenters. The Morgan fingerprint density at radius 2 is 1.18 bits per heavy atom. The molecule has 0 amide bonds. The standard InChI is InChI=1S/C22H15N3O3/c26-18-9-5-4-8-17(18)21-24-19(14-6-2-1-3-7-14)23-20(25-21)15-10-12-16(13-11-15)22(27)28/h1-13,26H,(H,27,28). The zero-order valence-corrected chi connectivity index (χ0v) is 14.6. The van der Waals surface area contributed by atoms with E-state index < -0.39 is 5.97 Å². The minimum atomic E-state index is -0.998. The molecule has 1 aromatic heterocycles. The van der Waals surface area contributed by atoms with Crippen molar-refractivity contribution in [3.8, 4) is 39.9 Å². The van der Waals surface area contributed by atoms with Crippen LogP contribution in [0.4, 0.5) is 0 Å². The summed E-state index contributed by atoms with van der Waals surface area (Å²) in [4.78, 5) is 24.7. The van der Waals surface area contributed by atoms with E-state index in [0.717, 1.165) is 5.56 Å². The maximum atomic E-state index is 11.1. The van der Waals surface area contributed by atoms with E-state index in [4.69, 9.17) is 5.11 Å². The van der Waals surface area contributed by atoms with Crippen LogP contribution in [0.15, 0.2) is 78.9 Å². The van der Waals surface area contributed by atoms with Crippen LogP contribution in [0.2, 0.25) is 0 Å². The molecule has 6 nitrogen and oxygen atoms in total. The van der Waals surface area contributed by atoms with Crippen LogP contribution in [0.3, 0.4) is 0 Å². The second-order valence-electron chi connectivity index (χ2n) is 6.07. The quantitative estimate of drug-likeness (QED) is 0.557. The number of benzene rings is 3. The van der Waals surface area contributed by atoms with Crippen molar-refractivity contribution in [1.29, 1.82) is 0 Å². The third-order valence-corrected chi connectivity index (χ3v) is 4.20. The second kappa shape index (κ2) is 7.28. The molecule has 0 bridgehead atoms. The molecule has 2 N–H and O–H groups in total. The predicted molar refractivity (Wildman–Crippen MR) is 105 cm³/mol. The lowest BCUT2D eigenvalue weighted by atomic mass is 10.1. The van der Waals surface area contributed by atoms with E-state index in [1.807, 2.05) is 30.3 Å². The van der Waals surface area contributed by atoms with Gasteiger partial charge in [-0.15, -0.1) is 0 Å². The van der Waals surface area contributed by atoms with Crippen molar-refractivity contribution in [2.24, 2.45) is 0 Å². The van der Waals surface area contributed by atoms with Gasteiger partial charge >= 0.3 is 5.97 Å². The molecule has 0 saturated heterocycles. The zero-order chi connectivity index (χ0) is 19.5. The number of nitrogens with zero attached hydrogens (tertiary/aromatic N) is 3. The van der Waals surface area contributed by atoms with Gasteiger partial charge in [0.25, 0.3) is 0 Å². The van der Waals surface area contributed by atoms with Gasteiger partial charge < -0.3 is 10.2 Å². The van der Waals surface area contributed by atoms with Crippen LogP contribution in [0.5, 0.6) is 5.75 Å². The number of aromatic nitrogens is 3. The summed E-state index contributed by atoms with van der Waals surface area (Å²) in [6, 6.07) is 22.6. The van der Waals surface area contributed by atoms with Crippen LogP contribution in [0, 0.1) is 0 Å². The lowest BCUT2D eigenvalue weighted by molar-refractivity contribution is 0.0697. The van der Waals surface area contributed by atoms with Crippen LogP contribution >= 0.6 is 0 Å². The molecule has 0 spiro atoms. The topological polar surface area (TPSA) is 96.2 Å². The third kappa shape index (κ3) is 3.43. The number of aromatic carboxylic acids is 1. The fourth-order valence-corrected chi connectivity index (χ4v) is 2.77. The molecule has 4 rings (SSSR count). The summed E-state index contributed by atoms with van der Waals surface area (Å²) in [6.07, 6.45) is 0. The Labute approximate surface area is 160 Å². The number of carbonyl (C=O) groups is 1. The Kier molecular flexibility index (Phi) is 4.51. The van der Waals surface area contributed by atoms with Gasteiger partial charge in [0, 0.05) is 11.1 Å². The van der Waals surface area contributed by atoms with E-state index in [1.54, 1.807) is 36.4 Å². The van der Waals surface area contributed by atoms with E-state index in [1.165, 1.54) is 12.1 Å². The number of para-hydroxylation sites is 1. The molecule has 1 heterocycles. The second-order valence-corrected chi connectivity index (χ2v) is 6.07. The lowest BCUT2D eigenvalue weighted by Gasteiger charge is -2.09. The highest BCUT2D eigenvalue weighted by molar-refractivity contribution is 5.88. The molecule has 4 aromatic rings. The van der Waals surface area contributed by atoms with Gasteiger partial charge in [-0.25, -0.2) is 19.7 Å². The fourth-order valence-electron chi connectivity index (χ4n) is 2.77. The van der Waals surface area contributed by atoms with Gasteiger partial charge in [0.1, 0.15) is 5.75 Å². The van der Waals surface area contributed by atoms with Gasteiger partial charge in [-0.05, 0) is 24.3 Å². The van der Waals surface area contributed by atoms with Gasteiger partial charge in [-0.2, -0.15) is 0 Å². The van der Waals surface area contributed by atoms with Crippen molar-refractivity contribution in [3.63, 3.8) is 0 Å². The molecule has 0 aliphatic rings. The molecule has 0 fully saturated rings. The Morgan fingerprint density at radius 1 is 0.643 bits per heavy atom. The minimum Gasteiger partial charge on any atom is -0.507 e. The maximum Gasteiger partial charge on any atom is 0.335 e. The number of phenolic OH excluding ortho intramolecular Hbond substituents is 1. The van der Waals surface area contributed by atoms with Crippen LogP contribution in [0.25, 0.3) is 34.2 Å². The van der Waals surface area contributed by atoms with E-state index >= 15 is 0 Å². The van der Waals surface area contributed by atoms with E-state index in [2.05, 4.69) is 15.0 Å². The highest BCUT2D eigenvalue weighted by Crippen LogP contribution is 2.29. The first-order valence-electron chi connectivity index (χ1n) is 8.55. The number of rotatable bonds is 4. The Bertz CT molecular complexity index is 1140. The predicted octanol–water partition coefficient (Wildman–Crippen LogP) is 4.28. The first kappa shape index (κ1) is 17.4. The zero-order valence-electron chi connectivity index (χ0n) is 14.6. The van der Waals surface area contributed by atoms with E-state index in [-0.39, 0.29) is 11.3 Å². The number of hydrogen-bond donors (Lipinski definition) is 2. The molecule has 136 valence electrons. The maximum absolute atomic E-state index is 11.1. The Morgan fingerprint density at radius 3 is 1.79 bits per heavy atom. The summed E-state index contributed by atoms with van der Waals surface area (Å²) in [6.45, 7) is 0. The molecular formula is C22H15N3O3. The fraction of sp³-hybridized carbons (Fsp3) is 0. The number of phenols is 1. The number of carboxylic acids is 1. The first-order chi connectivity index (χ1) is 13.6. The molecule has 0 radical (unpaired) electrons. The first-order valence-corrected chi connectivity index (χ1v) is 8.55. The highest BCUT2D eigenvalue weighted by Gasteiger charge is 2.14. The van der Waals surface area contributed by atoms with Crippen molar-refractivity contribution in [1.82, 2.24) is 15.0 Å². The molecule has 0 unspecified atom stereocenters. The van der Waals surface area contributed by atoms with Gasteiger partial charge in [-0.3, -0.25) is 0 Å². The summed E-state index contributed by atoms with van der Waals surface area (Å²) in [5, 5.41) is 19.3. The van der Waals surface area contributed by atoms with Gasteiger partial charge in [0.05, 0.1) is 11.1 Å². The van der Waals surface area contributed by atoms with Gasteiger partial charge in [-0.1, -0.05) is 54.6 Å². The largest absolute Gasteiger partial charge is 0.507 e. The number of carboxylic acid groups (broad SMARTS) is 1. The summed E-state index contributed by atoms with van der Waals surface area (Å²) < 4.78 is 0. The molecule has 0 saturated carbocycles. The molecule has 3 aromatic carbocycles. The van der Waals surface area contributed by atoms with Crippen molar-refractivity contribution in [2.45, 2.75) is 0 Å². The Balaban J connectivity index is 1.89. The normalized spacial score (nSPS) is 10.6. The number of aromatic hydroxyl groups is 1. The average molecular weight is 369 g/mol. The van der Waals surface area contributed by atoms with Gasteiger partial charge in [0.2, 0.25) is 0 Å². The molecule has 0 aliphatic heterocycles. The average Bonchev–Trinajstić information content (AvgIpc) is 2.74.